The largest absolute Gasteiger partial charge is 0.334 e. The second-order valence-corrected chi connectivity index (χ2v) is 5.92. The van der Waals surface area contributed by atoms with Crippen molar-refractivity contribution in [3.05, 3.63) is 82.8 Å². The smallest absolute Gasteiger partial charge is 0.259 e. The van der Waals surface area contributed by atoms with Crippen LogP contribution in [0.1, 0.15) is 11.1 Å². The van der Waals surface area contributed by atoms with E-state index in [4.69, 9.17) is 4.52 Å². The van der Waals surface area contributed by atoms with E-state index in [1.807, 2.05) is 31.2 Å². The minimum atomic E-state index is -0.129. The molecule has 0 unspecified atom stereocenters. The number of pyridine rings is 1. The van der Waals surface area contributed by atoms with Gasteiger partial charge in [-0.05, 0) is 19.1 Å². The second kappa shape index (κ2) is 6.72. The van der Waals surface area contributed by atoms with Crippen LogP contribution in [-0.2, 0) is 6.54 Å². The summed E-state index contributed by atoms with van der Waals surface area (Å²) in [4.78, 5) is 24.5. The number of hydrogen-bond donors (Lipinski definition) is 0. The van der Waals surface area contributed by atoms with Crippen LogP contribution in [-0.4, -0.2) is 24.7 Å². The van der Waals surface area contributed by atoms with Crippen LogP contribution in [0.3, 0.4) is 0 Å². The highest BCUT2D eigenvalue weighted by Crippen LogP contribution is 2.22. The summed E-state index contributed by atoms with van der Waals surface area (Å²) in [6, 6.07) is 11.0. The summed E-state index contributed by atoms with van der Waals surface area (Å²) in [5.41, 5.74) is 3.38. The standard InChI is InChI=1S/C19H15N5O2/c1-13-3-2-4-15(7-13)18-22-19(26-23-18)16-5-6-17(25)24(11-16)10-14-8-20-12-21-9-14/h2-9,11-12H,10H2,1H3. The zero-order chi connectivity index (χ0) is 17.9. The maximum absolute atomic E-state index is 12.1. The number of aryl methyl sites for hydroxylation is 1. The molecular weight excluding hydrogens is 330 g/mol. The summed E-state index contributed by atoms with van der Waals surface area (Å²) in [5.74, 6) is 0.873. The number of aromatic nitrogens is 5. The molecule has 0 saturated carbocycles. The van der Waals surface area contributed by atoms with Gasteiger partial charge in [0.2, 0.25) is 5.82 Å². The minimum Gasteiger partial charge on any atom is -0.334 e. The predicted octanol–water partition coefficient (Wildman–Crippen LogP) is 2.71. The zero-order valence-electron chi connectivity index (χ0n) is 14.0. The van der Waals surface area contributed by atoms with E-state index < -0.39 is 0 Å². The summed E-state index contributed by atoms with van der Waals surface area (Å²) >= 11 is 0. The normalized spacial score (nSPS) is 10.8. The molecule has 0 aliphatic rings. The molecule has 0 amide bonds. The van der Waals surface area contributed by atoms with Gasteiger partial charge in [-0.2, -0.15) is 4.98 Å². The summed E-state index contributed by atoms with van der Waals surface area (Å²) < 4.78 is 6.95. The van der Waals surface area contributed by atoms with Crippen LogP contribution in [0, 0.1) is 6.92 Å². The van der Waals surface area contributed by atoms with E-state index in [9.17, 15) is 4.79 Å². The van der Waals surface area contributed by atoms with E-state index in [2.05, 4.69) is 20.1 Å². The maximum Gasteiger partial charge on any atom is 0.259 e. The summed E-state index contributed by atoms with van der Waals surface area (Å²) in [6.07, 6.45) is 6.50. The molecule has 0 aliphatic carbocycles. The van der Waals surface area contributed by atoms with E-state index in [0.29, 0.717) is 23.8 Å². The van der Waals surface area contributed by atoms with Crippen molar-refractivity contribution in [2.75, 3.05) is 0 Å². The van der Waals surface area contributed by atoms with E-state index in [1.165, 1.54) is 12.4 Å². The van der Waals surface area contributed by atoms with Gasteiger partial charge in [0.1, 0.15) is 6.33 Å². The first-order valence-corrected chi connectivity index (χ1v) is 8.04. The van der Waals surface area contributed by atoms with Crippen molar-refractivity contribution in [3.63, 3.8) is 0 Å². The first kappa shape index (κ1) is 15.9. The lowest BCUT2D eigenvalue weighted by Gasteiger charge is -2.05. The highest BCUT2D eigenvalue weighted by atomic mass is 16.5. The summed E-state index contributed by atoms with van der Waals surface area (Å²) in [7, 11) is 0. The van der Waals surface area contributed by atoms with Crippen LogP contribution in [0.15, 0.2) is 70.6 Å². The van der Waals surface area contributed by atoms with Gasteiger partial charge < -0.3 is 9.09 Å². The highest BCUT2D eigenvalue weighted by molar-refractivity contribution is 5.59. The quantitative estimate of drug-likeness (QED) is 0.565. The Morgan fingerprint density at radius 2 is 1.92 bits per heavy atom. The van der Waals surface area contributed by atoms with Crippen LogP contribution in [0.25, 0.3) is 22.8 Å². The second-order valence-electron chi connectivity index (χ2n) is 5.92. The van der Waals surface area contributed by atoms with Gasteiger partial charge in [0.25, 0.3) is 11.4 Å². The van der Waals surface area contributed by atoms with Crippen LogP contribution in [0.5, 0.6) is 0 Å². The molecule has 0 aliphatic heterocycles. The van der Waals surface area contributed by atoms with Gasteiger partial charge in [-0.15, -0.1) is 0 Å². The van der Waals surface area contributed by atoms with Gasteiger partial charge in [-0.3, -0.25) is 4.79 Å². The Hall–Kier alpha value is -3.61. The minimum absolute atomic E-state index is 0.129. The van der Waals surface area contributed by atoms with Crippen LogP contribution >= 0.6 is 0 Å². The number of benzene rings is 1. The van der Waals surface area contributed by atoms with Gasteiger partial charge in [0, 0.05) is 35.8 Å². The Bertz CT molecular complexity index is 1100. The van der Waals surface area contributed by atoms with E-state index in [-0.39, 0.29) is 5.56 Å². The third-order valence-corrected chi connectivity index (χ3v) is 3.90. The monoisotopic (exact) mass is 345 g/mol. The molecule has 3 heterocycles. The molecular formula is C19H15N5O2. The fourth-order valence-electron chi connectivity index (χ4n) is 2.63. The molecule has 128 valence electrons. The Balaban J connectivity index is 1.66. The Morgan fingerprint density at radius 3 is 2.73 bits per heavy atom. The molecule has 4 aromatic rings. The lowest BCUT2D eigenvalue weighted by Crippen LogP contribution is -2.19. The van der Waals surface area contributed by atoms with Crippen LogP contribution in [0.2, 0.25) is 0 Å². The molecule has 7 heteroatoms. The van der Waals surface area contributed by atoms with Gasteiger partial charge in [0.15, 0.2) is 0 Å². The molecule has 0 fully saturated rings. The van der Waals surface area contributed by atoms with E-state index in [0.717, 1.165) is 16.7 Å². The third kappa shape index (κ3) is 3.27. The molecule has 1 aromatic carbocycles. The van der Waals surface area contributed by atoms with E-state index in [1.54, 1.807) is 29.2 Å². The molecule has 0 spiro atoms. The SMILES string of the molecule is Cc1cccc(-c2noc(-c3ccc(=O)n(Cc4cncnc4)c3)n2)c1. The van der Waals surface area contributed by atoms with Gasteiger partial charge in [-0.1, -0.05) is 28.9 Å². The van der Waals surface area contributed by atoms with Crippen molar-refractivity contribution >= 4 is 0 Å². The fraction of sp³-hybridized carbons (Fsp3) is 0.105. The Labute approximate surface area is 149 Å². The van der Waals surface area contributed by atoms with Crippen molar-refractivity contribution in [3.8, 4) is 22.8 Å². The van der Waals surface area contributed by atoms with Gasteiger partial charge in [0.05, 0.1) is 12.1 Å². The predicted molar refractivity (Wildman–Crippen MR) is 95.3 cm³/mol. The molecule has 26 heavy (non-hydrogen) atoms. The third-order valence-electron chi connectivity index (χ3n) is 3.90. The van der Waals surface area contributed by atoms with Crippen LogP contribution in [0.4, 0.5) is 0 Å². The lowest BCUT2D eigenvalue weighted by molar-refractivity contribution is 0.432. The van der Waals surface area contributed by atoms with Crippen molar-refractivity contribution in [2.45, 2.75) is 13.5 Å². The molecule has 0 bridgehead atoms. The number of rotatable bonds is 4. The van der Waals surface area contributed by atoms with E-state index >= 15 is 0 Å². The van der Waals surface area contributed by atoms with Gasteiger partial charge >= 0.3 is 0 Å². The summed E-state index contributed by atoms with van der Waals surface area (Å²) in [6.45, 7) is 2.38. The number of hydrogen-bond acceptors (Lipinski definition) is 6. The highest BCUT2D eigenvalue weighted by Gasteiger charge is 2.12. The average Bonchev–Trinajstić information content (AvgIpc) is 3.15. The molecule has 7 nitrogen and oxygen atoms in total. The first-order valence-electron chi connectivity index (χ1n) is 8.04. The Kier molecular flexibility index (Phi) is 4.10. The summed E-state index contributed by atoms with van der Waals surface area (Å²) in [5, 5.41) is 4.05. The molecule has 0 radical (unpaired) electrons. The fourth-order valence-corrected chi connectivity index (χ4v) is 2.63. The average molecular weight is 345 g/mol. The Morgan fingerprint density at radius 1 is 1.08 bits per heavy atom. The van der Waals surface area contributed by atoms with Crippen molar-refractivity contribution in [2.24, 2.45) is 0 Å². The van der Waals surface area contributed by atoms with Crippen molar-refractivity contribution < 1.29 is 4.52 Å². The lowest BCUT2D eigenvalue weighted by atomic mass is 10.1. The molecule has 0 N–H and O–H groups in total. The van der Waals surface area contributed by atoms with Crippen molar-refractivity contribution in [1.29, 1.82) is 0 Å². The molecule has 4 rings (SSSR count). The molecule has 3 aromatic heterocycles. The molecule has 0 saturated heterocycles. The van der Waals surface area contributed by atoms with Gasteiger partial charge in [-0.25, -0.2) is 9.97 Å². The molecule has 0 atom stereocenters. The van der Waals surface area contributed by atoms with Crippen molar-refractivity contribution in [1.82, 2.24) is 24.7 Å². The maximum atomic E-state index is 12.1. The number of nitrogens with zero attached hydrogens (tertiary/aromatic N) is 5. The van der Waals surface area contributed by atoms with Crippen LogP contribution < -0.4 is 5.56 Å². The first-order chi connectivity index (χ1) is 12.7. The zero-order valence-corrected chi connectivity index (χ0v) is 14.0. The topological polar surface area (TPSA) is 86.7 Å².